The lowest BCUT2D eigenvalue weighted by molar-refractivity contribution is 0.605. The Morgan fingerprint density at radius 1 is 1.10 bits per heavy atom. The molecule has 1 aliphatic heterocycles. The molecule has 166 valence electrons. The van der Waals surface area contributed by atoms with Gasteiger partial charge in [0.1, 0.15) is 12.4 Å². The van der Waals surface area contributed by atoms with Crippen molar-refractivity contribution in [3.05, 3.63) is 47.0 Å². The lowest BCUT2D eigenvalue weighted by Crippen LogP contribution is -2.38. The van der Waals surface area contributed by atoms with Crippen molar-refractivity contribution < 1.29 is 0 Å². The van der Waals surface area contributed by atoms with Crippen molar-refractivity contribution in [3.63, 3.8) is 0 Å². The Hall–Kier alpha value is -1.64. The second kappa shape index (κ2) is 12.9. The van der Waals surface area contributed by atoms with Gasteiger partial charge in [-0.1, -0.05) is 44.5 Å². The molecule has 3 rings (SSSR count). The van der Waals surface area contributed by atoms with E-state index in [0.29, 0.717) is 12.5 Å². The predicted octanol–water partition coefficient (Wildman–Crippen LogP) is 4.43. The van der Waals surface area contributed by atoms with Gasteiger partial charge in [0.05, 0.1) is 0 Å². The third kappa shape index (κ3) is 7.25. The van der Waals surface area contributed by atoms with Crippen LogP contribution in [0.5, 0.6) is 0 Å². The second-order valence-corrected chi connectivity index (χ2v) is 8.12. The van der Waals surface area contributed by atoms with E-state index in [1.807, 2.05) is 0 Å². The highest BCUT2D eigenvalue weighted by Crippen LogP contribution is 2.16. The Balaban J connectivity index is 0.00000320. The molecule has 2 aromatic rings. The van der Waals surface area contributed by atoms with Crippen molar-refractivity contribution in [2.45, 2.75) is 78.3 Å². The Kier molecular flexibility index (Phi) is 10.6. The molecule has 1 aliphatic rings. The van der Waals surface area contributed by atoms with E-state index in [-0.39, 0.29) is 24.0 Å². The summed E-state index contributed by atoms with van der Waals surface area (Å²) in [6, 6.07) is 9.01. The van der Waals surface area contributed by atoms with Crippen molar-refractivity contribution >= 4 is 29.9 Å². The fraction of sp³-hybridized carbons (Fsp3) is 0.609. The zero-order chi connectivity index (χ0) is 20.5. The van der Waals surface area contributed by atoms with Crippen LogP contribution in [0.4, 0.5) is 0 Å². The molecule has 0 saturated carbocycles. The van der Waals surface area contributed by atoms with Crippen molar-refractivity contribution in [3.8, 4) is 0 Å². The fourth-order valence-corrected chi connectivity index (χ4v) is 3.72. The predicted molar refractivity (Wildman–Crippen MR) is 135 cm³/mol. The first-order valence-electron chi connectivity index (χ1n) is 11.2. The van der Waals surface area contributed by atoms with Crippen LogP contribution in [0.25, 0.3) is 0 Å². The van der Waals surface area contributed by atoms with Crippen molar-refractivity contribution in [1.29, 1.82) is 0 Å². The van der Waals surface area contributed by atoms with Gasteiger partial charge >= 0.3 is 0 Å². The van der Waals surface area contributed by atoms with Crippen LogP contribution in [0.15, 0.2) is 29.3 Å². The van der Waals surface area contributed by atoms with Crippen LogP contribution < -0.4 is 10.6 Å². The molecule has 7 heteroatoms. The van der Waals surface area contributed by atoms with Gasteiger partial charge in [0.2, 0.25) is 0 Å². The first kappa shape index (κ1) is 24.6. The number of aromatic nitrogens is 3. The Morgan fingerprint density at radius 3 is 2.63 bits per heavy atom. The average Bonchev–Trinajstić information content (AvgIpc) is 2.95. The summed E-state index contributed by atoms with van der Waals surface area (Å²) >= 11 is 0. The maximum atomic E-state index is 4.74. The van der Waals surface area contributed by atoms with Crippen molar-refractivity contribution in [2.75, 3.05) is 13.1 Å². The molecule has 0 bridgehead atoms. The monoisotopic (exact) mass is 524 g/mol. The topological polar surface area (TPSA) is 67.1 Å². The van der Waals surface area contributed by atoms with E-state index in [1.165, 1.54) is 30.4 Å². The molecular formula is C23H37IN6. The number of rotatable bonds is 8. The van der Waals surface area contributed by atoms with Crippen molar-refractivity contribution in [2.24, 2.45) is 4.99 Å². The summed E-state index contributed by atoms with van der Waals surface area (Å²) < 4.78 is 2.26. The summed E-state index contributed by atoms with van der Waals surface area (Å²) in [7, 11) is 0. The van der Waals surface area contributed by atoms with Gasteiger partial charge in [0.25, 0.3) is 0 Å². The zero-order valence-corrected chi connectivity index (χ0v) is 21.0. The van der Waals surface area contributed by atoms with Gasteiger partial charge in [0.15, 0.2) is 11.8 Å². The van der Waals surface area contributed by atoms with E-state index in [2.05, 4.69) is 70.4 Å². The number of aliphatic imine (C=N–C) groups is 1. The number of nitrogens with zero attached hydrogens (tertiary/aromatic N) is 4. The number of nitrogens with one attached hydrogen (secondary N) is 2. The minimum atomic E-state index is 0. The number of hydrogen-bond acceptors (Lipinski definition) is 3. The van der Waals surface area contributed by atoms with E-state index >= 15 is 0 Å². The van der Waals surface area contributed by atoms with E-state index in [4.69, 9.17) is 4.99 Å². The molecule has 0 saturated heterocycles. The van der Waals surface area contributed by atoms with E-state index in [0.717, 1.165) is 56.5 Å². The van der Waals surface area contributed by atoms with E-state index < -0.39 is 0 Å². The molecule has 0 amide bonds. The van der Waals surface area contributed by atoms with Crippen LogP contribution in [0, 0.1) is 0 Å². The van der Waals surface area contributed by atoms with Gasteiger partial charge in [-0.3, -0.25) is 0 Å². The van der Waals surface area contributed by atoms with Crippen LogP contribution in [0.2, 0.25) is 0 Å². The van der Waals surface area contributed by atoms with Crippen LogP contribution in [0.1, 0.15) is 75.1 Å². The quantitative estimate of drug-likeness (QED) is 0.232. The molecule has 2 heterocycles. The largest absolute Gasteiger partial charge is 0.357 e. The molecule has 0 atom stereocenters. The molecule has 0 unspecified atom stereocenters. The van der Waals surface area contributed by atoms with Gasteiger partial charge in [-0.25, -0.2) is 4.99 Å². The van der Waals surface area contributed by atoms with Gasteiger partial charge in [-0.2, -0.15) is 0 Å². The minimum absolute atomic E-state index is 0. The molecule has 2 N–H and O–H groups in total. The van der Waals surface area contributed by atoms with Crippen LogP contribution in [-0.4, -0.2) is 33.8 Å². The van der Waals surface area contributed by atoms with E-state index in [1.54, 1.807) is 0 Å². The number of halogens is 1. The summed E-state index contributed by atoms with van der Waals surface area (Å²) in [6.07, 6.45) is 6.88. The first-order valence-corrected chi connectivity index (χ1v) is 11.2. The summed E-state index contributed by atoms with van der Waals surface area (Å²) in [5.41, 5.74) is 2.80. The number of hydrogen-bond donors (Lipinski definition) is 2. The van der Waals surface area contributed by atoms with Gasteiger partial charge in [-0.05, 0) is 49.7 Å². The fourth-order valence-electron chi connectivity index (χ4n) is 3.72. The molecule has 6 nitrogen and oxygen atoms in total. The minimum Gasteiger partial charge on any atom is -0.357 e. The maximum absolute atomic E-state index is 4.74. The molecule has 1 aromatic heterocycles. The summed E-state index contributed by atoms with van der Waals surface area (Å²) in [5.74, 6) is 3.54. The highest BCUT2D eigenvalue weighted by Gasteiger charge is 2.14. The molecular weight excluding hydrogens is 487 g/mol. The molecule has 0 radical (unpaired) electrons. The number of benzene rings is 1. The van der Waals surface area contributed by atoms with Crippen LogP contribution >= 0.6 is 24.0 Å². The lowest BCUT2D eigenvalue weighted by atomic mass is 10.0. The third-order valence-electron chi connectivity index (χ3n) is 5.49. The van der Waals surface area contributed by atoms with Crippen LogP contribution in [0.3, 0.4) is 0 Å². The SMILES string of the molecule is CCNC(=NCc1nnc2n1CCCCC2)NCCCc1ccc(C(C)C)cc1.I. The van der Waals surface area contributed by atoms with Crippen LogP contribution in [-0.2, 0) is 25.9 Å². The second-order valence-electron chi connectivity index (χ2n) is 8.12. The first-order chi connectivity index (χ1) is 14.2. The average molecular weight is 524 g/mol. The van der Waals surface area contributed by atoms with Crippen molar-refractivity contribution in [1.82, 2.24) is 25.4 Å². The lowest BCUT2D eigenvalue weighted by Gasteiger charge is -2.12. The van der Waals surface area contributed by atoms with E-state index in [9.17, 15) is 0 Å². The summed E-state index contributed by atoms with van der Waals surface area (Å²) in [5, 5.41) is 15.5. The highest BCUT2D eigenvalue weighted by molar-refractivity contribution is 14.0. The smallest absolute Gasteiger partial charge is 0.191 e. The van der Waals surface area contributed by atoms with Gasteiger partial charge in [-0.15, -0.1) is 34.2 Å². The number of guanidine groups is 1. The van der Waals surface area contributed by atoms with Gasteiger partial charge < -0.3 is 15.2 Å². The third-order valence-corrected chi connectivity index (χ3v) is 5.49. The van der Waals surface area contributed by atoms with Gasteiger partial charge in [0, 0.05) is 26.1 Å². The zero-order valence-electron chi connectivity index (χ0n) is 18.7. The molecule has 0 aliphatic carbocycles. The molecule has 0 fully saturated rings. The number of aryl methyl sites for hydroxylation is 2. The standard InChI is InChI=1S/C23H36N6.HI/c1-4-24-23(25-15-8-9-19-11-13-20(14-12-19)18(2)3)26-17-22-28-27-21-10-6-5-7-16-29(21)22;/h11-14,18H,4-10,15-17H2,1-3H3,(H2,24,25,26);1H. The maximum Gasteiger partial charge on any atom is 0.191 e. The Morgan fingerprint density at radius 2 is 1.90 bits per heavy atom. The molecule has 30 heavy (non-hydrogen) atoms. The normalized spacial score (nSPS) is 14.1. The number of fused-ring (bicyclic) bond motifs is 1. The Bertz CT molecular complexity index is 781. The molecule has 1 aromatic carbocycles. The molecule has 0 spiro atoms. The summed E-state index contributed by atoms with van der Waals surface area (Å²) in [6.45, 7) is 9.90. The summed E-state index contributed by atoms with van der Waals surface area (Å²) in [4.78, 5) is 4.74. The Labute approximate surface area is 198 Å². The highest BCUT2D eigenvalue weighted by atomic mass is 127.